The number of hydrogen-bond donors (Lipinski definition) is 0. The monoisotopic (exact) mass is 439 g/mol. The van der Waals surface area contributed by atoms with Crippen molar-refractivity contribution < 1.29 is 8.78 Å². The maximum atomic E-state index is 16.0. The molecule has 1 nitrogen and oxygen atoms in total. The zero-order valence-corrected chi connectivity index (χ0v) is 19.4. The second-order valence-corrected chi connectivity index (χ2v) is 9.48. The Morgan fingerprint density at radius 3 is 2.06 bits per heavy atom. The molecule has 4 aromatic rings. The van der Waals surface area contributed by atoms with Crippen LogP contribution < -0.4 is 4.90 Å². The largest absolute Gasteiger partial charge is 0.334 e. The molecule has 166 valence electrons. The Morgan fingerprint density at radius 1 is 0.667 bits per heavy atom. The van der Waals surface area contributed by atoms with E-state index in [1.54, 1.807) is 35.2 Å². The molecule has 0 amide bonds. The predicted octanol–water partition coefficient (Wildman–Crippen LogP) is 8.48. The van der Waals surface area contributed by atoms with Crippen LogP contribution in [0.15, 0.2) is 84.9 Å². The summed E-state index contributed by atoms with van der Waals surface area (Å²) < 4.78 is 30.7. The van der Waals surface area contributed by atoms with Crippen molar-refractivity contribution in [1.29, 1.82) is 0 Å². The molecule has 0 aliphatic heterocycles. The Morgan fingerprint density at radius 2 is 1.30 bits per heavy atom. The number of hydrogen-bond acceptors (Lipinski definition) is 1. The van der Waals surface area contributed by atoms with E-state index in [-0.39, 0.29) is 23.1 Å². The number of para-hydroxylation sites is 1. The average molecular weight is 440 g/mol. The molecule has 1 aliphatic rings. The number of fused-ring (bicyclic) bond motifs is 3. The SMILES string of the molecule is CC(C)N(c1ccccc1F)c1cccc(-c2ccc3c(c2)C(C)(C)c2ccccc2-3)c1F. The van der Waals surface area contributed by atoms with Crippen LogP contribution in [0.3, 0.4) is 0 Å². The lowest BCUT2D eigenvalue weighted by atomic mass is 9.81. The second kappa shape index (κ2) is 7.84. The molecule has 0 aromatic heterocycles. The number of nitrogens with zero attached hydrogens (tertiary/aromatic N) is 1. The van der Waals surface area contributed by atoms with Gasteiger partial charge in [-0.3, -0.25) is 0 Å². The number of anilines is 2. The van der Waals surface area contributed by atoms with Gasteiger partial charge in [-0.25, -0.2) is 8.78 Å². The minimum Gasteiger partial charge on any atom is -0.334 e. The third-order valence-corrected chi connectivity index (χ3v) is 6.76. The predicted molar refractivity (Wildman–Crippen MR) is 133 cm³/mol. The molecule has 0 fully saturated rings. The third-order valence-electron chi connectivity index (χ3n) is 6.76. The van der Waals surface area contributed by atoms with E-state index in [1.807, 2.05) is 26.0 Å². The van der Waals surface area contributed by atoms with E-state index in [9.17, 15) is 4.39 Å². The summed E-state index contributed by atoms with van der Waals surface area (Å²) in [6.45, 7) is 8.31. The van der Waals surface area contributed by atoms with Crippen molar-refractivity contribution in [2.45, 2.75) is 39.2 Å². The van der Waals surface area contributed by atoms with Gasteiger partial charge in [-0.15, -0.1) is 0 Å². The lowest BCUT2D eigenvalue weighted by Crippen LogP contribution is -2.27. The van der Waals surface area contributed by atoms with Crippen LogP contribution in [0.2, 0.25) is 0 Å². The lowest BCUT2D eigenvalue weighted by Gasteiger charge is -2.30. The molecule has 3 heteroatoms. The molecule has 0 bridgehead atoms. The van der Waals surface area contributed by atoms with Crippen molar-refractivity contribution in [2.24, 2.45) is 0 Å². The Labute approximate surface area is 194 Å². The molecule has 0 spiro atoms. The summed E-state index contributed by atoms with van der Waals surface area (Å²) in [4.78, 5) is 1.72. The molecule has 5 rings (SSSR count). The zero-order chi connectivity index (χ0) is 23.3. The maximum absolute atomic E-state index is 16.0. The fourth-order valence-corrected chi connectivity index (χ4v) is 5.13. The van der Waals surface area contributed by atoms with Gasteiger partial charge in [0.05, 0.1) is 11.4 Å². The molecule has 33 heavy (non-hydrogen) atoms. The van der Waals surface area contributed by atoms with Crippen molar-refractivity contribution in [3.8, 4) is 22.3 Å². The summed E-state index contributed by atoms with van der Waals surface area (Å²) in [5.74, 6) is -0.712. The number of rotatable bonds is 4. The van der Waals surface area contributed by atoms with E-state index in [4.69, 9.17) is 0 Å². The van der Waals surface area contributed by atoms with Gasteiger partial charge in [0.25, 0.3) is 0 Å². The molecular weight excluding hydrogens is 412 g/mol. The average Bonchev–Trinajstić information content (AvgIpc) is 3.03. The van der Waals surface area contributed by atoms with Crippen LogP contribution in [0.1, 0.15) is 38.8 Å². The van der Waals surface area contributed by atoms with Gasteiger partial charge in [0, 0.05) is 17.0 Å². The normalized spacial score (nSPS) is 13.7. The van der Waals surface area contributed by atoms with E-state index in [0.29, 0.717) is 16.9 Å². The minimum atomic E-state index is -0.368. The highest BCUT2D eigenvalue weighted by Gasteiger charge is 2.35. The van der Waals surface area contributed by atoms with Crippen LogP contribution >= 0.6 is 0 Å². The summed E-state index contributed by atoms with van der Waals surface area (Å²) >= 11 is 0. The summed E-state index contributed by atoms with van der Waals surface area (Å²) in [5.41, 5.74) is 6.85. The molecule has 4 aromatic carbocycles. The summed E-state index contributed by atoms with van der Waals surface area (Å²) in [7, 11) is 0. The van der Waals surface area contributed by atoms with E-state index < -0.39 is 0 Å². The van der Waals surface area contributed by atoms with Gasteiger partial charge in [-0.1, -0.05) is 74.5 Å². The highest BCUT2D eigenvalue weighted by atomic mass is 19.1. The third kappa shape index (κ3) is 3.34. The smallest absolute Gasteiger partial charge is 0.154 e. The topological polar surface area (TPSA) is 3.24 Å². The van der Waals surface area contributed by atoms with E-state index in [2.05, 4.69) is 50.2 Å². The maximum Gasteiger partial charge on any atom is 0.154 e. The van der Waals surface area contributed by atoms with Gasteiger partial charge in [0.2, 0.25) is 0 Å². The fraction of sp³-hybridized carbons (Fsp3) is 0.200. The van der Waals surface area contributed by atoms with Crippen molar-refractivity contribution in [3.63, 3.8) is 0 Å². The highest BCUT2D eigenvalue weighted by molar-refractivity contribution is 5.84. The Hall–Kier alpha value is -3.46. The first-order chi connectivity index (χ1) is 15.8. The van der Waals surface area contributed by atoms with Crippen LogP contribution in [-0.4, -0.2) is 6.04 Å². The standard InChI is InChI=1S/C30H27F2N/c1-19(2)33(27-14-8-7-13-26(27)31)28-15-9-11-21(29(28)32)20-16-17-23-22-10-5-6-12-24(22)30(3,4)25(23)18-20/h5-19H,1-4H3. The first-order valence-electron chi connectivity index (χ1n) is 11.4. The van der Waals surface area contributed by atoms with Gasteiger partial charge in [0.1, 0.15) is 5.82 Å². The van der Waals surface area contributed by atoms with Gasteiger partial charge in [0.15, 0.2) is 5.82 Å². The number of benzene rings is 4. The van der Waals surface area contributed by atoms with E-state index >= 15 is 4.39 Å². The molecule has 1 aliphatic carbocycles. The Kier molecular flexibility index (Phi) is 5.08. The quantitative estimate of drug-likeness (QED) is 0.308. The van der Waals surface area contributed by atoms with Crippen molar-refractivity contribution in [2.75, 3.05) is 4.90 Å². The van der Waals surface area contributed by atoms with Crippen LogP contribution in [0.4, 0.5) is 20.2 Å². The first-order valence-corrected chi connectivity index (χ1v) is 11.4. The van der Waals surface area contributed by atoms with E-state index in [1.165, 1.54) is 28.3 Å². The van der Waals surface area contributed by atoms with E-state index in [0.717, 1.165) is 5.56 Å². The Balaban J connectivity index is 1.64. The molecule has 0 radical (unpaired) electrons. The van der Waals surface area contributed by atoms with Crippen molar-refractivity contribution in [1.82, 2.24) is 0 Å². The molecule has 0 saturated heterocycles. The van der Waals surface area contributed by atoms with Gasteiger partial charge in [-0.05, 0) is 65.9 Å². The Bertz CT molecular complexity index is 1350. The lowest BCUT2D eigenvalue weighted by molar-refractivity contribution is 0.603. The van der Waals surface area contributed by atoms with Crippen molar-refractivity contribution in [3.05, 3.63) is 108 Å². The summed E-state index contributed by atoms with van der Waals surface area (Å²) in [5, 5.41) is 0. The van der Waals surface area contributed by atoms with Crippen LogP contribution in [0.25, 0.3) is 22.3 Å². The molecule has 0 unspecified atom stereocenters. The summed E-state index contributed by atoms with van der Waals surface area (Å²) in [6, 6.07) is 26.4. The minimum absolute atomic E-state index is 0.125. The van der Waals surface area contributed by atoms with Crippen LogP contribution in [-0.2, 0) is 5.41 Å². The molecular formula is C30H27F2N. The molecule has 0 saturated carbocycles. The van der Waals surface area contributed by atoms with Gasteiger partial charge in [-0.2, -0.15) is 0 Å². The van der Waals surface area contributed by atoms with Crippen molar-refractivity contribution >= 4 is 11.4 Å². The summed E-state index contributed by atoms with van der Waals surface area (Å²) in [6.07, 6.45) is 0. The van der Waals surface area contributed by atoms with Gasteiger partial charge >= 0.3 is 0 Å². The molecule has 0 heterocycles. The van der Waals surface area contributed by atoms with Gasteiger partial charge < -0.3 is 4.90 Å². The fourth-order valence-electron chi connectivity index (χ4n) is 5.13. The first kappa shape index (κ1) is 21.4. The zero-order valence-electron chi connectivity index (χ0n) is 19.4. The number of halogens is 2. The second-order valence-electron chi connectivity index (χ2n) is 9.48. The van der Waals surface area contributed by atoms with Crippen LogP contribution in [0, 0.1) is 11.6 Å². The highest BCUT2D eigenvalue weighted by Crippen LogP contribution is 2.49. The van der Waals surface area contributed by atoms with Crippen LogP contribution in [0.5, 0.6) is 0 Å². The molecule has 0 atom stereocenters. The molecule has 0 N–H and O–H groups in total.